The fourth-order valence-corrected chi connectivity index (χ4v) is 3.01. The molecule has 22 heavy (non-hydrogen) atoms. The van der Waals surface area contributed by atoms with Gasteiger partial charge in [-0.3, -0.25) is 4.79 Å². The van der Waals surface area contributed by atoms with Gasteiger partial charge in [0.15, 0.2) is 5.58 Å². The third-order valence-corrected chi connectivity index (χ3v) is 4.24. The number of hydrogen-bond donors (Lipinski definition) is 2. The molecular weight excluding hydrogens is 300 g/mol. The molecule has 1 amide bonds. The quantitative estimate of drug-likeness (QED) is 0.758. The van der Waals surface area contributed by atoms with Crippen LogP contribution in [0.5, 0.6) is 0 Å². The van der Waals surface area contributed by atoms with Gasteiger partial charge in [0.2, 0.25) is 5.91 Å². The van der Waals surface area contributed by atoms with E-state index < -0.39 is 5.60 Å². The molecule has 114 valence electrons. The van der Waals surface area contributed by atoms with Crippen LogP contribution in [0.4, 0.5) is 0 Å². The number of aliphatic hydroxyl groups is 1. The van der Waals surface area contributed by atoms with Crippen LogP contribution in [0.2, 0.25) is 0 Å². The van der Waals surface area contributed by atoms with Crippen molar-refractivity contribution in [3.63, 3.8) is 0 Å². The molecule has 0 aliphatic carbocycles. The van der Waals surface area contributed by atoms with Crippen LogP contribution in [-0.2, 0) is 16.8 Å². The maximum Gasteiger partial charge on any atom is 0.226 e. The Hall–Kier alpha value is -2.18. The molecular formula is C16H16N2O3S. The number of para-hydroxylation sites is 1. The van der Waals surface area contributed by atoms with E-state index >= 15 is 0 Å². The number of hydrogen-bond acceptors (Lipinski definition) is 5. The van der Waals surface area contributed by atoms with Gasteiger partial charge >= 0.3 is 0 Å². The molecule has 0 bridgehead atoms. The minimum Gasteiger partial charge on any atom is -0.384 e. The standard InChI is InChI=1S/C16H16N2O3S/c1-16(20,11-6-7-22-9-11)10-17-15(19)8-13-12-4-2-3-5-14(12)21-18-13/h2-7,9,20H,8,10H2,1H3,(H,17,19)/t16-/m0/s1. The normalized spacial score (nSPS) is 13.9. The average Bonchev–Trinajstić information content (AvgIpc) is 3.16. The maximum atomic E-state index is 12.1. The summed E-state index contributed by atoms with van der Waals surface area (Å²) in [6.07, 6.45) is 0.122. The lowest BCUT2D eigenvalue weighted by Gasteiger charge is -2.22. The van der Waals surface area contributed by atoms with Crippen molar-refractivity contribution in [2.24, 2.45) is 0 Å². The summed E-state index contributed by atoms with van der Waals surface area (Å²) in [4.78, 5) is 12.1. The second-order valence-corrected chi connectivity index (χ2v) is 6.14. The van der Waals surface area contributed by atoms with Crippen LogP contribution in [0.15, 0.2) is 45.6 Å². The van der Waals surface area contributed by atoms with Crippen molar-refractivity contribution in [2.45, 2.75) is 18.9 Å². The van der Waals surface area contributed by atoms with E-state index in [-0.39, 0.29) is 18.9 Å². The Morgan fingerprint density at radius 2 is 2.23 bits per heavy atom. The number of thiophene rings is 1. The molecule has 2 N–H and O–H groups in total. The van der Waals surface area contributed by atoms with E-state index in [1.165, 1.54) is 11.3 Å². The predicted molar refractivity (Wildman–Crippen MR) is 84.6 cm³/mol. The van der Waals surface area contributed by atoms with Crippen molar-refractivity contribution in [2.75, 3.05) is 6.54 Å². The van der Waals surface area contributed by atoms with Gasteiger partial charge in [-0.2, -0.15) is 11.3 Å². The average molecular weight is 316 g/mol. The number of benzene rings is 1. The molecule has 0 aliphatic heterocycles. The van der Waals surface area contributed by atoms with Crippen LogP contribution in [0.3, 0.4) is 0 Å². The third kappa shape index (κ3) is 3.03. The smallest absolute Gasteiger partial charge is 0.226 e. The SMILES string of the molecule is C[C@](O)(CNC(=O)Cc1noc2ccccc12)c1ccsc1. The second kappa shape index (κ2) is 5.90. The number of fused-ring (bicyclic) bond motifs is 1. The van der Waals surface area contributed by atoms with E-state index in [2.05, 4.69) is 10.5 Å². The topological polar surface area (TPSA) is 75.4 Å². The Morgan fingerprint density at radius 3 is 3.00 bits per heavy atom. The molecule has 5 nitrogen and oxygen atoms in total. The molecule has 3 aromatic rings. The first-order valence-electron chi connectivity index (χ1n) is 6.91. The van der Waals surface area contributed by atoms with Crippen LogP contribution in [0.25, 0.3) is 11.0 Å². The number of carbonyl (C=O) groups is 1. The highest BCUT2D eigenvalue weighted by atomic mass is 32.1. The zero-order valence-corrected chi connectivity index (χ0v) is 12.9. The highest BCUT2D eigenvalue weighted by Gasteiger charge is 2.24. The summed E-state index contributed by atoms with van der Waals surface area (Å²) in [5.41, 5.74) is 0.977. The highest BCUT2D eigenvalue weighted by Crippen LogP contribution is 2.22. The summed E-state index contributed by atoms with van der Waals surface area (Å²) in [5, 5.41) is 21.7. The van der Waals surface area contributed by atoms with E-state index in [0.717, 1.165) is 10.9 Å². The van der Waals surface area contributed by atoms with Gasteiger partial charge in [0, 0.05) is 5.39 Å². The third-order valence-electron chi connectivity index (χ3n) is 3.55. The van der Waals surface area contributed by atoms with E-state index in [0.29, 0.717) is 11.3 Å². The van der Waals surface area contributed by atoms with Crippen molar-refractivity contribution < 1.29 is 14.4 Å². The number of amides is 1. The van der Waals surface area contributed by atoms with Gasteiger partial charge < -0.3 is 14.9 Å². The lowest BCUT2D eigenvalue weighted by Crippen LogP contribution is -2.39. The molecule has 0 saturated carbocycles. The molecule has 0 saturated heterocycles. The number of nitrogens with zero attached hydrogens (tertiary/aromatic N) is 1. The summed E-state index contributed by atoms with van der Waals surface area (Å²) in [6, 6.07) is 9.26. The van der Waals surface area contributed by atoms with E-state index in [9.17, 15) is 9.90 Å². The lowest BCUT2D eigenvalue weighted by atomic mass is 9.99. The predicted octanol–water partition coefficient (Wildman–Crippen LogP) is 2.46. The summed E-state index contributed by atoms with van der Waals surface area (Å²) in [5.74, 6) is -0.199. The van der Waals surface area contributed by atoms with Crippen molar-refractivity contribution in [1.29, 1.82) is 0 Å². The second-order valence-electron chi connectivity index (χ2n) is 5.36. The highest BCUT2D eigenvalue weighted by molar-refractivity contribution is 7.08. The number of rotatable bonds is 5. The molecule has 6 heteroatoms. The van der Waals surface area contributed by atoms with Crippen LogP contribution in [0.1, 0.15) is 18.2 Å². The molecule has 1 atom stereocenters. The Balaban J connectivity index is 1.63. The van der Waals surface area contributed by atoms with Gasteiger partial charge in [-0.1, -0.05) is 17.3 Å². The van der Waals surface area contributed by atoms with Crippen molar-refractivity contribution in [3.8, 4) is 0 Å². The summed E-state index contributed by atoms with van der Waals surface area (Å²) in [6.45, 7) is 1.83. The lowest BCUT2D eigenvalue weighted by molar-refractivity contribution is -0.121. The monoisotopic (exact) mass is 316 g/mol. The van der Waals surface area contributed by atoms with Gasteiger partial charge in [-0.15, -0.1) is 0 Å². The van der Waals surface area contributed by atoms with E-state index in [1.807, 2.05) is 41.1 Å². The van der Waals surface area contributed by atoms with E-state index in [4.69, 9.17) is 4.52 Å². The largest absolute Gasteiger partial charge is 0.384 e. The Bertz CT molecular complexity index is 778. The van der Waals surface area contributed by atoms with Gasteiger partial charge in [0.25, 0.3) is 0 Å². The molecule has 0 fully saturated rings. The number of aromatic nitrogens is 1. The fourth-order valence-electron chi connectivity index (χ4n) is 2.22. The zero-order valence-electron chi connectivity index (χ0n) is 12.1. The number of carbonyl (C=O) groups excluding carboxylic acids is 1. The van der Waals surface area contributed by atoms with Gasteiger partial charge in [-0.05, 0) is 41.4 Å². The van der Waals surface area contributed by atoms with Crippen LogP contribution in [0, 0.1) is 0 Å². The molecule has 2 heterocycles. The van der Waals surface area contributed by atoms with Crippen molar-refractivity contribution in [1.82, 2.24) is 10.5 Å². The van der Waals surface area contributed by atoms with Crippen LogP contribution >= 0.6 is 11.3 Å². The van der Waals surface area contributed by atoms with Gasteiger partial charge in [-0.25, -0.2) is 0 Å². The minimum atomic E-state index is -1.08. The number of nitrogens with one attached hydrogen (secondary N) is 1. The Labute approximate surface area is 131 Å². The first-order chi connectivity index (χ1) is 10.6. The first-order valence-corrected chi connectivity index (χ1v) is 7.85. The van der Waals surface area contributed by atoms with Crippen LogP contribution in [-0.4, -0.2) is 22.7 Å². The molecule has 0 unspecified atom stereocenters. The Kier molecular flexibility index (Phi) is 3.96. The summed E-state index contributed by atoms with van der Waals surface area (Å²) >= 11 is 1.51. The summed E-state index contributed by atoms with van der Waals surface area (Å²) in [7, 11) is 0. The van der Waals surface area contributed by atoms with E-state index in [1.54, 1.807) is 6.92 Å². The first kappa shape index (κ1) is 14.7. The zero-order chi connectivity index (χ0) is 15.6. The van der Waals surface area contributed by atoms with Gasteiger partial charge in [0.05, 0.1) is 13.0 Å². The maximum absolute atomic E-state index is 12.1. The molecule has 2 aromatic heterocycles. The molecule has 3 rings (SSSR count). The summed E-state index contributed by atoms with van der Waals surface area (Å²) < 4.78 is 5.18. The fraction of sp³-hybridized carbons (Fsp3) is 0.250. The molecule has 1 aromatic carbocycles. The molecule has 0 aliphatic rings. The van der Waals surface area contributed by atoms with Gasteiger partial charge in [0.1, 0.15) is 11.3 Å². The Morgan fingerprint density at radius 1 is 1.41 bits per heavy atom. The van der Waals surface area contributed by atoms with Crippen molar-refractivity contribution in [3.05, 3.63) is 52.3 Å². The van der Waals surface area contributed by atoms with Crippen molar-refractivity contribution >= 4 is 28.2 Å². The molecule has 0 spiro atoms. The molecule has 0 radical (unpaired) electrons. The minimum absolute atomic E-state index is 0.122. The van der Waals surface area contributed by atoms with Crippen LogP contribution < -0.4 is 5.32 Å².